The second-order valence-corrected chi connectivity index (χ2v) is 6.45. The van der Waals surface area contributed by atoms with Crippen LogP contribution < -0.4 is 4.90 Å². The van der Waals surface area contributed by atoms with Gasteiger partial charge in [-0.2, -0.15) is 0 Å². The van der Waals surface area contributed by atoms with E-state index in [-0.39, 0.29) is 11.7 Å². The molecule has 28 heavy (non-hydrogen) atoms. The number of rotatable bonds is 8. The summed E-state index contributed by atoms with van der Waals surface area (Å²) in [6.45, 7) is 3.86. The van der Waals surface area contributed by atoms with Gasteiger partial charge in [0.1, 0.15) is 11.6 Å². The number of benzene rings is 2. The summed E-state index contributed by atoms with van der Waals surface area (Å²) in [4.78, 5) is 8.94. The summed E-state index contributed by atoms with van der Waals surface area (Å²) in [7, 11) is 1.62. The van der Waals surface area contributed by atoms with Crippen molar-refractivity contribution in [3.8, 4) is 5.88 Å². The first-order chi connectivity index (χ1) is 13.5. The summed E-state index contributed by atoms with van der Waals surface area (Å²) in [6.07, 6.45) is 2.29. The fourth-order valence-electron chi connectivity index (χ4n) is 3.10. The van der Waals surface area contributed by atoms with Crippen LogP contribution in [-0.2, 0) is 4.74 Å². The first kappa shape index (κ1) is 19.8. The molecule has 5 nitrogen and oxygen atoms in total. The fraction of sp³-hybridized carbons (Fsp3) is 0.286. The highest BCUT2D eigenvalue weighted by molar-refractivity contribution is 6.02. The summed E-state index contributed by atoms with van der Waals surface area (Å²) < 4.78 is 33.2. The van der Waals surface area contributed by atoms with Crippen molar-refractivity contribution >= 4 is 28.5 Å². The van der Waals surface area contributed by atoms with Crippen LogP contribution in [0.3, 0.4) is 0 Å². The van der Waals surface area contributed by atoms with Crippen molar-refractivity contribution in [3.05, 3.63) is 53.6 Å². The second kappa shape index (κ2) is 8.84. The van der Waals surface area contributed by atoms with Gasteiger partial charge in [-0.3, -0.25) is 4.99 Å². The predicted octanol–water partition coefficient (Wildman–Crippen LogP) is 4.77. The molecule has 2 N–H and O–H groups in total. The van der Waals surface area contributed by atoms with Crippen molar-refractivity contribution in [1.29, 1.82) is 0 Å². The van der Waals surface area contributed by atoms with E-state index >= 15 is 0 Å². The lowest BCUT2D eigenvalue weighted by atomic mass is 10.2. The summed E-state index contributed by atoms with van der Waals surface area (Å²) in [5, 5.41) is 10.6. The monoisotopic (exact) mass is 387 g/mol. The Balaban J connectivity index is 1.86. The zero-order valence-electron chi connectivity index (χ0n) is 15.9. The minimum Gasteiger partial charge on any atom is -0.494 e. The lowest BCUT2D eigenvalue weighted by Gasteiger charge is -2.24. The van der Waals surface area contributed by atoms with Gasteiger partial charge in [-0.1, -0.05) is 6.92 Å². The largest absolute Gasteiger partial charge is 0.494 e. The molecule has 3 rings (SSSR count). The van der Waals surface area contributed by atoms with Crippen molar-refractivity contribution in [2.24, 2.45) is 4.99 Å². The molecule has 0 spiro atoms. The molecule has 1 heterocycles. The van der Waals surface area contributed by atoms with E-state index in [2.05, 4.69) is 9.98 Å². The van der Waals surface area contributed by atoms with E-state index in [1.807, 2.05) is 11.8 Å². The Labute approximate surface area is 162 Å². The Morgan fingerprint density at radius 2 is 2.00 bits per heavy atom. The molecule has 0 aliphatic heterocycles. The van der Waals surface area contributed by atoms with Gasteiger partial charge in [0.15, 0.2) is 5.88 Å². The molecule has 0 saturated carbocycles. The fourth-order valence-corrected chi connectivity index (χ4v) is 3.10. The molecule has 0 aliphatic rings. The maximum atomic E-state index is 14.6. The number of anilines is 1. The molecular formula is C21H23F2N3O2. The van der Waals surface area contributed by atoms with Gasteiger partial charge in [0.2, 0.25) is 0 Å². The van der Waals surface area contributed by atoms with Gasteiger partial charge < -0.3 is 19.7 Å². The molecule has 0 radical (unpaired) electrons. The lowest BCUT2D eigenvalue weighted by Crippen LogP contribution is -2.28. The molecule has 0 aliphatic carbocycles. The minimum absolute atomic E-state index is 0.116. The van der Waals surface area contributed by atoms with Gasteiger partial charge in [0.05, 0.1) is 23.5 Å². The van der Waals surface area contributed by atoms with Crippen molar-refractivity contribution in [1.82, 2.24) is 4.98 Å². The molecule has 0 atom stereocenters. The summed E-state index contributed by atoms with van der Waals surface area (Å²) in [6, 6.07) is 8.89. The van der Waals surface area contributed by atoms with Crippen LogP contribution in [0.1, 0.15) is 18.9 Å². The molecule has 148 valence electrons. The molecule has 0 amide bonds. The number of aromatic amines is 1. The molecule has 0 saturated heterocycles. The number of nitrogens with one attached hydrogen (secondary N) is 1. The van der Waals surface area contributed by atoms with Gasteiger partial charge in [-0.05, 0) is 36.8 Å². The van der Waals surface area contributed by atoms with Crippen LogP contribution in [0.4, 0.5) is 20.2 Å². The number of hydrogen-bond donors (Lipinski definition) is 2. The van der Waals surface area contributed by atoms with Gasteiger partial charge in [0.25, 0.3) is 0 Å². The molecule has 0 bridgehead atoms. The van der Waals surface area contributed by atoms with Crippen LogP contribution in [0.5, 0.6) is 5.88 Å². The van der Waals surface area contributed by atoms with Crippen molar-refractivity contribution in [2.45, 2.75) is 13.3 Å². The number of aromatic nitrogens is 1. The number of nitrogens with zero attached hydrogens (tertiary/aromatic N) is 2. The lowest BCUT2D eigenvalue weighted by molar-refractivity contribution is 0.205. The van der Waals surface area contributed by atoms with Crippen LogP contribution >= 0.6 is 0 Å². The number of ether oxygens (including phenoxy) is 1. The number of aliphatic imine (C=N–C) groups is 1. The molecule has 7 heteroatoms. The van der Waals surface area contributed by atoms with Crippen molar-refractivity contribution < 1.29 is 18.6 Å². The van der Waals surface area contributed by atoms with E-state index < -0.39 is 5.82 Å². The average molecular weight is 387 g/mol. The summed E-state index contributed by atoms with van der Waals surface area (Å²) in [5.74, 6) is -0.910. The van der Waals surface area contributed by atoms with E-state index in [4.69, 9.17) is 4.74 Å². The van der Waals surface area contributed by atoms with E-state index in [9.17, 15) is 13.9 Å². The van der Waals surface area contributed by atoms with Crippen molar-refractivity contribution in [3.63, 3.8) is 0 Å². The Morgan fingerprint density at radius 3 is 2.71 bits per heavy atom. The van der Waals surface area contributed by atoms with Crippen molar-refractivity contribution in [2.75, 3.05) is 31.7 Å². The number of hydrogen-bond acceptors (Lipinski definition) is 4. The third-order valence-corrected chi connectivity index (χ3v) is 4.45. The molecule has 2 aromatic carbocycles. The normalized spacial score (nSPS) is 11.6. The van der Waals surface area contributed by atoms with Crippen LogP contribution in [0.25, 0.3) is 10.9 Å². The Bertz CT molecular complexity index is 985. The van der Waals surface area contributed by atoms with Crippen LogP contribution in [0, 0.1) is 11.6 Å². The maximum Gasteiger partial charge on any atom is 0.198 e. The quantitative estimate of drug-likeness (QED) is 0.548. The van der Waals surface area contributed by atoms with E-state index in [0.29, 0.717) is 41.0 Å². The summed E-state index contributed by atoms with van der Waals surface area (Å²) in [5.41, 5.74) is 1.84. The van der Waals surface area contributed by atoms with Crippen LogP contribution in [0.15, 0.2) is 41.4 Å². The number of halogens is 2. The third kappa shape index (κ3) is 4.31. The molecular weight excluding hydrogens is 364 g/mol. The topological polar surface area (TPSA) is 60.9 Å². The molecule has 3 aromatic rings. The summed E-state index contributed by atoms with van der Waals surface area (Å²) >= 11 is 0. The number of methoxy groups -OCH3 is 1. The van der Waals surface area contributed by atoms with E-state index in [0.717, 1.165) is 13.0 Å². The van der Waals surface area contributed by atoms with Gasteiger partial charge in [-0.25, -0.2) is 8.78 Å². The number of fused-ring (bicyclic) bond motifs is 1. The van der Waals surface area contributed by atoms with Gasteiger partial charge >= 0.3 is 0 Å². The Hall–Kier alpha value is -2.93. The second-order valence-electron chi connectivity index (χ2n) is 6.45. The number of aromatic hydroxyl groups is 1. The Kier molecular flexibility index (Phi) is 6.26. The zero-order valence-corrected chi connectivity index (χ0v) is 15.9. The smallest absolute Gasteiger partial charge is 0.198 e. The SMILES string of the molecule is CCCN(CCOC)c1ccc(N=Cc2c(O)[nH]c3ccc(F)cc23)cc1F. The standard InChI is InChI=1S/C21H23F2N3O2/c1-3-8-26(9-10-28-2)20-7-5-15(12-18(20)23)24-13-17-16-11-14(22)4-6-19(16)25-21(17)27/h4-7,11-13,25,27H,3,8-10H2,1-2H3. The first-order valence-electron chi connectivity index (χ1n) is 9.11. The highest BCUT2D eigenvalue weighted by Crippen LogP contribution is 2.28. The van der Waals surface area contributed by atoms with Crippen LogP contribution in [0.2, 0.25) is 0 Å². The zero-order chi connectivity index (χ0) is 20.1. The minimum atomic E-state index is -0.413. The van der Waals surface area contributed by atoms with E-state index in [1.54, 1.807) is 25.3 Å². The number of H-pyrrole nitrogens is 1. The highest BCUT2D eigenvalue weighted by Gasteiger charge is 2.12. The predicted molar refractivity (Wildman–Crippen MR) is 108 cm³/mol. The maximum absolute atomic E-state index is 14.6. The molecule has 0 unspecified atom stereocenters. The molecule has 0 fully saturated rings. The van der Waals surface area contributed by atoms with Gasteiger partial charge in [-0.15, -0.1) is 0 Å². The average Bonchev–Trinajstić information content (AvgIpc) is 2.98. The Morgan fingerprint density at radius 1 is 1.18 bits per heavy atom. The molecule has 1 aromatic heterocycles. The first-order valence-corrected chi connectivity index (χ1v) is 9.11. The third-order valence-electron chi connectivity index (χ3n) is 4.45. The highest BCUT2D eigenvalue weighted by atomic mass is 19.1. The van der Waals surface area contributed by atoms with Gasteiger partial charge in [0, 0.05) is 43.4 Å². The van der Waals surface area contributed by atoms with E-state index in [1.165, 1.54) is 24.4 Å². The van der Waals surface area contributed by atoms with Crippen LogP contribution in [-0.4, -0.2) is 43.1 Å².